The van der Waals surface area contributed by atoms with Crippen molar-refractivity contribution in [3.05, 3.63) is 30.3 Å². The summed E-state index contributed by atoms with van der Waals surface area (Å²) in [6.45, 7) is 2.31. The lowest BCUT2D eigenvalue weighted by molar-refractivity contribution is -0.151. The van der Waals surface area contributed by atoms with Crippen LogP contribution in [-0.2, 0) is 14.3 Å². The van der Waals surface area contributed by atoms with Gasteiger partial charge in [-0.15, -0.1) is 0 Å². The van der Waals surface area contributed by atoms with E-state index >= 15 is 0 Å². The Bertz CT molecular complexity index is 371. The maximum absolute atomic E-state index is 11.7. The first-order valence-electron chi connectivity index (χ1n) is 6.78. The molecular formula is C15H20O4. The lowest BCUT2D eigenvalue weighted by atomic mass is 10.0. The summed E-state index contributed by atoms with van der Waals surface area (Å²) in [7, 11) is 0. The van der Waals surface area contributed by atoms with Crippen LogP contribution in [0.15, 0.2) is 30.3 Å². The van der Waals surface area contributed by atoms with Crippen LogP contribution in [0.1, 0.15) is 19.3 Å². The molecule has 1 fully saturated rings. The van der Waals surface area contributed by atoms with Crippen molar-refractivity contribution >= 4 is 5.97 Å². The first-order chi connectivity index (χ1) is 9.36. The summed E-state index contributed by atoms with van der Waals surface area (Å²) >= 11 is 0. The van der Waals surface area contributed by atoms with E-state index in [0.717, 1.165) is 18.6 Å². The SMILES string of the molecule is O=C(OCCCOc1ccccc1)C1CCOCC1. The van der Waals surface area contributed by atoms with Crippen molar-refractivity contribution in [2.45, 2.75) is 19.3 Å². The molecule has 1 aromatic rings. The minimum absolute atomic E-state index is 0.0174. The fraction of sp³-hybridized carbons (Fsp3) is 0.533. The van der Waals surface area contributed by atoms with Crippen LogP contribution in [0.2, 0.25) is 0 Å². The number of carbonyl (C=O) groups is 1. The fourth-order valence-electron chi connectivity index (χ4n) is 1.99. The molecule has 0 unspecified atom stereocenters. The van der Waals surface area contributed by atoms with E-state index in [9.17, 15) is 4.79 Å². The van der Waals surface area contributed by atoms with E-state index < -0.39 is 0 Å². The zero-order valence-corrected chi connectivity index (χ0v) is 11.0. The first kappa shape index (κ1) is 13.9. The van der Waals surface area contributed by atoms with Crippen molar-refractivity contribution in [2.24, 2.45) is 5.92 Å². The van der Waals surface area contributed by atoms with Gasteiger partial charge in [0, 0.05) is 19.6 Å². The Balaban J connectivity index is 1.55. The zero-order valence-electron chi connectivity index (χ0n) is 11.0. The van der Waals surface area contributed by atoms with Gasteiger partial charge in [-0.05, 0) is 25.0 Å². The Morgan fingerprint density at radius 3 is 2.63 bits per heavy atom. The number of para-hydroxylation sites is 1. The average molecular weight is 264 g/mol. The minimum atomic E-state index is -0.0944. The Labute approximate surface area is 113 Å². The third-order valence-electron chi connectivity index (χ3n) is 3.10. The maximum atomic E-state index is 11.7. The number of benzene rings is 1. The predicted octanol–water partition coefficient (Wildman–Crippen LogP) is 2.43. The van der Waals surface area contributed by atoms with Crippen molar-refractivity contribution in [1.82, 2.24) is 0 Å². The average Bonchev–Trinajstić information content (AvgIpc) is 2.49. The van der Waals surface area contributed by atoms with E-state index in [1.165, 1.54) is 0 Å². The molecule has 2 rings (SSSR count). The standard InChI is InChI=1S/C15H20O4/c16-15(13-7-11-17-12-8-13)19-10-4-9-18-14-5-2-1-3-6-14/h1-3,5-6,13H,4,7-12H2. The number of rotatable bonds is 6. The smallest absolute Gasteiger partial charge is 0.309 e. The van der Waals surface area contributed by atoms with Crippen LogP contribution in [0.3, 0.4) is 0 Å². The minimum Gasteiger partial charge on any atom is -0.493 e. The molecule has 4 nitrogen and oxygen atoms in total. The summed E-state index contributed by atoms with van der Waals surface area (Å²) in [5, 5.41) is 0. The number of ether oxygens (including phenoxy) is 3. The summed E-state index contributed by atoms with van der Waals surface area (Å²) in [5.74, 6) is 0.769. The second kappa shape index (κ2) is 7.79. The molecule has 19 heavy (non-hydrogen) atoms. The largest absolute Gasteiger partial charge is 0.493 e. The molecule has 0 spiro atoms. The molecule has 104 valence electrons. The number of esters is 1. The Morgan fingerprint density at radius 1 is 1.16 bits per heavy atom. The van der Waals surface area contributed by atoms with Gasteiger partial charge < -0.3 is 14.2 Å². The highest BCUT2D eigenvalue weighted by Crippen LogP contribution is 2.16. The van der Waals surface area contributed by atoms with E-state index in [0.29, 0.717) is 32.8 Å². The Kier molecular flexibility index (Phi) is 5.69. The normalized spacial score (nSPS) is 16.0. The van der Waals surface area contributed by atoms with E-state index in [1.807, 2.05) is 30.3 Å². The molecule has 0 radical (unpaired) electrons. The van der Waals surface area contributed by atoms with Crippen LogP contribution in [0.5, 0.6) is 5.75 Å². The van der Waals surface area contributed by atoms with Crippen LogP contribution < -0.4 is 4.74 Å². The molecule has 0 bridgehead atoms. The van der Waals surface area contributed by atoms with E-state index in [2.05, 4.69) is 0 Å². The molecule has 0 atom stereocenters. The number of carbonyl (C=O) groups excluding carboxylic acids is 1. The van der Waals surface area contributed by atoms with E-state index in [4.69, 9.17) is 14.2 Å². The summed E-state index contributed by atoms with van der Waals surface area (Å²) in [6.07, 6.45) is 2.27. The second-order valence-electron chi connectivity index (χ2n) is 4.57. The van der Waals surface area contributed by atoms with Gasteiger partial charge in [-0.2, -0.15) is 0 Å². The van der Waals surface area contributed by atoms with Crippen LogP contribution >= 0.6 is 0 Å². The Hall–Kier alpha value is -1.55. The predicted molar refractivity (Wildman–Crippen MR) is 71.1 cm³/mol. The highest BCUT2D eigenvalue weighted by Gasteiger charge is 2.22. The summed E-state index contributed by atoms with van der Waals surface area (Å²) in [5.41, 5.74) is 0. The van der Waals surface area contributed by atoms with E-state index in [-0.39, 0.29) is 11.9 Å². The van der Waals surface area contributed by atoms with Gasteiger partial charge in [-0.25, -0.2) is 0 Å². The number of hydrogen-bond donors (Lipinski definition) is 0. The van der Waals surface area contributed by atoms with Gasteiger partial charge in [-0.3, -0.25) is 4.79 Å². The van der Waals surface area contributed by atoms with Crippen molar-refractivity contribution in [3.63, 3.8) is 0 Å². The highest BCUT2D eigenvalue weighted by molar-refractivity contribution is 5.72. The van der Waals surface area contributed by atoms with Gasteiger partial charge in [0.1, 0.15) is 5.75 Å². The van der Waals surface area contributed by atoms with Crippen molar-refractivity contribution in [2.75, 3.05) is 26.4 Å². The molecule has 1 aromatic carbocycles. The third kappa shape index (κ3) is 4.91. The van der Waals surface area contributed by atoms with Gasteiger partial charge >= 0.3 is 5.97 Å². The molecule has 1 aliphatic rings. The molecule has 1 heterocycles. The number of hydrogen-bond acceptors (Lipinski definition) is 4. The van der Waals surface area contributed by atoms with Gasteiger partial charge in [0.2, 0.25) is 0 Å². The lowest BCUT2D eigenvalue weighted by Gasteiger charge is -2.20. The van der Waals surface area contributed by atoms with Crippen LogP contribution in [0.4, 0.5) is 0 Å². The van der Waals surface area contributed by atoms with Crippen molar-refractivity contribution in [1.29, 1.82) is 0 Å². The summed E-state index contributed by atoms with van der Waals surface area (Å²) in [4.78, 5) is 11.7. The molecule has 4 heteroatoms. The summed E-state index contributed by atoms with van der Waals surface area (Å²) in [6, 6.07) is 9.63. The molecule has 0 aliphatic carbocycles. The zero-order chi connectivity index (χ0) is 13.3. The van der Waals surface area contributed by atoms with Crippen molar-refractivity contribution < 1.29 is 19.0 Å². The quantitative estimate of drug-likeness (QED) is 0.584. The molecule has 0 aromatic heterocycles. The molecule has 1 aliphatic heterocycles. The van der Waals surface area contributed by atoms with Gasteiger partial charge in [0.25, 0.3) is 0 Å². The van der Waals surface area contributed by atoms with Gasteiger partial charge in [0.05, 0.1) is 19.1 Å². The topological polar surface area (TPSA) is 44.8 Å². The Morgan fingerprint density at radius 2 is 1.89 bits per heavy atom. The lowest BCUT2D eigenvalue weighted by Crippen LogP contribution is -2.25. The fourth-order valence-corrected chi connectivity index (χ4v) is 1.99. The van der Waals surface area contributed by atoms with Gasteiger partial charge in [-0.1, -0.05) is 18.2 Å². The van der Waals surface area contributed by atoms with Crippen LogP contribution in [0.25, 0.3) is 0 Å². The van der Waals surface area contributed by atoms with Crippen LogP contribution in [0, 0.1) is 5.92 Å². The maximum Gasteiger partial charge on any atom is 0.309 e. The molecule has 1 saturated heterocycles. The molecule has 0 amide bonds. The second-order valence-corrected chi connectivity index (χ2v) is 4.57. The molecular weight excluding hydrogens is 244 g/mol. The molecule has 0 saturated carbocycles. The van der Waals surface area contributed by atoms with Gasteiger partial charge in [0.15, 0.2) is 0 Å². The highest BCUT2D eigenvalue weighted by atomic mass is 16.5. The van der Waals surface area contributed by atoms with E-state index in [1.54, 1.807) is 0 Å². The van der Waals surface area contributed by atoms with Crippen molar-refractivity contribution in [3.8, 4) is 5.75 Å². The molecule has 0 N–H and O–H groups in total. The third-order valence-corrected chi connectivity index (χ3v) is 3.10. The summed E-state index contributed by atoms with van der Waals surface area (Å²) < 4.78 is 16.0. The monoisotopic (exact) mass is 264 g/mol. The van der Waals surface area contributed by atoms with Crippen LogP contribution in [-0.4, -0.2) is 32.4 Å². The first-order valence-corrected chi connectivity index (χ1v) is 6.78.